The van der Waals surface area contributed by atoms with Gasteiger partial charge in [-0.1, -0.05) is 6.07 Å². The summed E-state index contributed by atoms with van der Waals surface area (Å²) in [5.74, 6) is 0.433. The van der Waals surface area contributed by atoms with E-state index in [9.17, 15) is 9.90 Å². The second kappa shape index (κ2) is 7.41. The summed E-state index contributed by atoms with van der Waals surface area (Å²) < 4.78 is 12.4. The highest BCUT2D eigenvalue weighted by Crippen LogP contribution is 2.34. The maximum absolute atomic E-state index is 12.2. The first-order chi connectivity index (χ1) is 13.0. The number of phenols is 1. The molecular weight excluding hydrogens is 346 g/mol. The van der Waals surface area contributed by atoms with Gasteiger partial charge in [0.1, 0.15) is 5.75 Å². The van der Waals surface area contributed by atoms with Crippen molar-refractivity contribution in [2.75, 3.05) is 13.7 Å². The van der Waals surface area contributed by atoms with E-state index in [0.717, 1.165) is 10.9 Å². The number of primary amides is 1. The van der Waals surface area contributed by atoms with Gasteiger partial charge >= 0.3 is 0 Å². The van der Waals surface area contributed by atoms with Crippen molar-refractivity contribution in [1.29, 1.82) is 0 Å². The molecule has 3 N–H and O–H groups in total. The van der Waals surface area contributed by atoms with Crippen LogP contribution in [0.25, 0.3) is 22.6 Å². The summed E-state index contributed by atoms with van der Waals surface area (Å²) in [6, 6.07) is 8.45. The van der Waals surface area contributed by atoms with Gasteiger partial charge in [0.15, 0.2) is 11.5 Å². The summed E-state index contributed by atoms with van der Waals surface area (Å²) in [5.41, 5.74) is 7.96. The first-order valence-corrected chi connectivity index (χ1v) is 8.42. The van der Waals surface area contributed by atoms with Gasteiger partial charge in [0.05, 0.1) is 30.8 Å². The Hall–Kier alpha value is -3.48. The van der Waals surface area contributed by atoms with E-state index >= 15 is 0 Å². The molecule has 0 atom stereocenters. The normalized spacial score (nSPS) is 11.6. The lowest BCUT2D eigenvalue weighted by Crippen LogP contribution is -2.14. The third kappa shape index (κ3) is 3.44. The van der Waals surface area contributed by atoms with Crippen LogP contribution in [0.2, 0.25) is 0 Å². The standard InChI is InChI=1S/C20H21N3O4/c1-4-27-17-8-6-13(19-15(17)11-22-23(19)2)14(20(21)25)9-12-5-7-18(26-3)16(24)10-12/h5-11,24H,4H2,1-3H3,(H2,21,25). The van der Waals surface area contributed by atoms with E-state index in [1.165, 1.54) is 13.2 Å². The summed E-state index contributed by atoms with van der Waals surface area (Å²) >= 11 is 0. The molecule has 0 bridgehead atoms. The number of fused-ring (bicyclic) bond motifs is 1. The topological polar surface area (TPSA) is 99.6 Å². The molecule has 0 aliphatic carbocycles. The van der Waals surface area contributed by atoms with Gasteiger partial charge in [0.25, 0.3) is 0 Å². The van der Waals surface area contributed by atoms with Gasteiger partial charge in [-0.05, 0) is 42.8 Å². The fourth-order valence-electron chi connectivity index (χ4n) is 3.01. The molecule has 0 unspecified atom stereocenters. The summed E-state index contributed by atoms with van der Waals surface area (Å²) in [7, 11) is 3.26. The molecule has 7 nitrogen and oxygen atoms in total. The number of hydrogen-bond acceptors (Lipinski definition) is 5. The van der Waals surface area contributed by atoms with Crippen LogP contribution in [0.3, 0.4) is 0 Å². The van der Waals surface area contributed by atoms with Crippen LogP contribution >= 0.6 is 0 Å². The zero-order chi connectivity index (χ0) is 19.6. The van der Waals surface area contributed by atoms with Crippen LogP contribution in [0.15, 0.2) is 36.5 Å². The molecule has 7 heteroatoms. The Labute approximate surface area is 156 Å². The van der Waals surface area contributed by atoms with Crippen molar-refractivity contribution in [1.82, 2.24) is 9.78 Å². The van der Waals surface area contributed by atoms with E-state index < -0.39 is 5.91 Å². The number of nitrogens with zero attached hydrogens (tertiary/aromatic N) is 2. The minimum atomic E-state index is -0.586. The summed E-state index contributed by atoms with van der Waals surface area (Å²) in [6.07, 6.45) is 3.32. The number of methoxy groups -OCH3 is 1. The molecule has 1 amide bonds. The molecule has 1 heterocycles. The van der Waals surface area contributed by atoms with E-state index in [-0.39, 0.29) is 5.75 Å². The summed E-state index contributed by atoms with van der Waals surface area (Å²) in [4.78, 5) is 12.2. The minimum absolute atomic E-state index is 0.0209. The van der Waals surface area contributed by atoms with E-state index in [1.54, 1.807) is 48.3 Å². The number of aromatic hydroxyl groups is 1. The third-order valence-electron chi connectivity index (χ3n) is 4.23. The lowest BCUT2D eigenvalue weighted by Gasteiger charge is -2.11. The molecule has 0 fully saturated rings. The third-order valence-corrected chi connectivity index (χ3v) is 4.23. The number of carbonyl (C=O) groups is 1. The number of amides is 1. The molecule has 0 saturated heterocycles. The Bertz CT molecular complexity index is 1040. The number of nitrogens with two attached hydrogens (primary N) is 1. The molecule has 0 aliphatic rings. The van der Waals surface area contributed by atoms with Crippen LogP contribution in [0.5, 0.6) is 17.2 Å². The van der Waals surface area contributed by atoms with E-state index in [0.29, 0.717) is 34.8 Å². The van der Waals surface area contributed by atoms with Crippen molar-refractivity contribution in [3.05, 3.63) is 47.7 Å². The number of aryl methyl sites for hydroxylation is 1. The predicted octanol–water partition coefficient (Wildman–Crippen LogP) is 2.71. The fourth-order valence-corrected chi connectivity index (χ4v) is 3.01. The van der Waals surface area contributed by atoms with Crippen LogP contribution < -0.4 is 15.2 Å². The molecular formula is C20H21N3O4. The second-order valence-electron chi connectivity index (χ2n) is 5.93. The molecule has 1 aromatic heterocycles. The van der Waals surface area contributed by atoms with Crippen molar-refractivity contribution in [3.8, 4) is 17.2 Å². The van der Waals surface area contributed by atoms with Gasteiger partial charge in [-0.15, -0.1) is 0 Å². The first kappa shape index (κ1) is 18.3. The Morgan fingerprint density at radius 1 is 1.30 bits per heavy atom. The van der Waals surface area contributed by atoms with E-state index in [4.69, 9.17) is 15.2 Å². The molecule has 0 spiro atoms. The van der Waals surface area contributed by atoms with Crippen molar-refractivity contribution in [2.24, 2.45) is 12.8 Å². The lowest BCUT2D eigenvalue weighted by molar-refractivity contribution is -0.112. The van der Waals surface area contributed by atoms with Crippen molar-refractivity contribution >= 4 is 28.5 Å². The summed E-state index contributed by atoms with van der Waals surface area (Å²) in [5, 5.41) is 15.1. The number of benzene rings is 2. The Morgan fingerprint density at radius 3 is 2.67 bits per heavy atom. The fraction of sp³-hybridized carbons (Fsp3) is 0.200. The average Bonchev–Trinajstić information content (AvgIpc) is 3.03. The highest BCUT2D eigenvalue weighted by atomic mass is 16.5. The van der Waals surface area contributed by atoms with Crippen LogP contribution in [-0.4, -0.2) is 34.5 Å². The quantitative estimate of drug-likeness (QED) is 0.515. The number of phenolic OH excluding ortho intramolecular Hbond substituents is 1. The number of ether oxygens (including phenoxy) is 2. The van der Waals surface area contributed by atoms with Crippen molar-refractivity contribution < 1.29 is 19.4 Å². The summed E-state index contributed by atoms with van der Waals surface area (Å²) in [6.45, 7) is 2.42. The van der Waals surface area contributed by atoms with Gasteiger partial charge in [-0.2, -0.15) is 5.10 Å². The largest absolute Gasteiger partial charge is 0.504 e. The molecule has 3 aromatic rings. The Balaban J connectivity index is 2.19. The van der Waals surface area contributed by atoms with Gasteiger partial charge in [-0.25, -0.2) is 0 Å². The Morgan fingerprint density at radius 2 is 2.04 bits per heavy atom. The highest BCUT2D eigenvalue weighted by molar-refractivity contribution is 6.26. The number of aromatic nitrogens is 2. The maximum atomic E-state index is 12.2. The molecule has 2 aromatic carbocycles. The van der Waals surface area contributed by atoms with Crippen LogP contribution in [0.4, 0.5) is 0 Å². The molecule has 0 saturated carbocycles. The Kier molecular flexibility index (Phi) is 5.03. The second-order valence-corrected chi connectivity index (χ2v) is 5.93. The lowest BCUT2D eigenvalue weighted by atomic mass is 9.99. The smallest absolute Gasteiger partial charge is 0.249 e. The van der Waals surface area contributed by atoms with Gasteiger partial charge in [0, 0.05) is 18.2 Å². The van der Waals surface area contributed by atoms with E-state index in [2.05, 4.69) is 5.10 Å². The molecule has 0 aliphatic heterocycles. The first-order valence-electron chi connectivity index (χ1n) is 8.42. The molecule has 27 heavy (non-hydrogen) atoms. The average molecular weight is 367 g/mol. The van der Waals surface area contributed by atoms with Gasteiger partial charge in [-0.3, -0.25) is 9.48 Å². The predicted molar refractivity (Wildman–Crippen MR) is 104 cm³/mol. The van der Waals surface area contributed by atoms with Crippen LogP contribution in [0.1, 0.15) is 18.1 Å². The van der Waals surface area contributed by atoms with Crippen molar-refractivity contribution in [3.63, 3.8) is 0 Å². The van der Waals surface area contributed by atoms with E-state index in [1.807, 2.05) is 6.92 Å². The maximum Gasteiger partial charge on any atom is 0.249 e. The number of hydrogen-bond donors (Lipinski definition) is 2. The molecule has 140 valence electrons. The monoisotopic (exact) mass is 367 g/mol. The van der Waals surface area contributed by atoms with Gasteiger partial charge < -0.3 is 20.3 Å². The zero-order valence-corrected chi connectivity index (χ0v) is 15.4. The number of carbonyl (C=O) groups excluding carboxylic acids is 1. The minimum Gasteiger partial charge on any atom is -0.504 e. The van der Waals surface area contributed by atoms with Crippen molar-refractivity contribution in [2.45, 2.75) is 6.92 Å². The zero-order valence-electron chi connectivity index (χ0n) is 15.4. The SMILES string of the molecule is CCOc1ccc(C(=Cc2ccc(OC)c(O)c2)C(N)=O)c2c1cnn2C. The highest BCUT2D eigenvalue weighted by Gasteiger charge is 2.18. The number of rotatable bonds is 6. The molecule has 0 radical (unpaired) electrons. The van der Waals surface area contributed by atoms with Crippen LogP contribution in [0, 0.1) is 0 Å². The molecule has 3 rings (SSSR count). The van der Waals surface area contributed by atoms with Crippen LogP contribution in [-0.2, 0) is 11.8 Å². The van der Waals surface area contributed by atoms with Gasteiger partial charge in [0.2, 0.25) is 5.91 Å².